The number of nitrogens with zero attached hydrogens (tertiary/aromatic N) is 3. The topological polar surface area (TPSA) is 140 Å². The van der Waals surface area contributed by atoms with Crippen LogP contribution in [0.5, 0.6) is 5.75 Å². The number of amides is 1. The van der Waals surface area contributed by atoms with Gasteiger partial charge in [0.05, 0.1) is 22.3 Å². The molecular weight excluding hydrogens is 595 g/mol. The first-order chi connectivity index (χ1) is 19.3. The van der Waals surface area contributed by atoms with Crippen molar-refractivity contribution in [1.29, 1.82) is 0 Å². The number of anilines is 1. The van der Waals surface area contributed by atoms with Crippen LogP contribution < -0.4 is 15.2 Å². The zero-order valence-electron chi connectivity index (χ0n) is 22.7. The summed E-state index contributed by atoms with van der Waals surface area (Å²) in [5, 5.41) is 6.56. The van der Waals surface area contributed by atoms with Crippen LogP contribution in [0.2, 0.25) is 0 Å². The van der Waals surface area contributed by atoms with E-state index in [0.29, 0.717) is 42.2 Å². The number of hydrogen-bond donors (Lipinski definition) is 1. The molecule has 0 saturated carbocycles. The van der Waals surface area contributed by atoms with Gasteiger partial charge in [0, 0.05) is 37.0 Å². The molecule has 1 aromatic heterocycles. The molecule has 5 rings (SSSR count). The monoisotopic (exact) mass is 622 g/mol. The third kappa shape index (κ3) is 6.19. The maximum atomic E-state index is 12.8. The Morgan fingerprint density at radius 1 is 1.15 bits per heavy atom. The molecule has 1 amide bonds. The summed E-state index contributed by atoms with van der Waals surface area (Å²) in [6.45, 7) is 4.34. The number of fused-ring (bicyclic) bond motifs is 1. The Morgan fingerprint density at radius 2 is 1.85 bits per heavy atom. The van der Waals surface area contributed by atoms with Crippen molar-refractivity contribution in [1.82, 2.24) is 9.78 Å². The largest absolute Gasteiger partial charge is 0.489 e. The van der Waals surface area contributed by atoms with Crippen LogP contribution in [0.15, 0.2) is 57.4 Å². The standard InChI is InChI=1S/C16H17N3O5S.C11H11Cl2NO2/c1-9-10(15(20)11-8-17-19(2)16(11)21)4-5-13(25(3,22)23)14(9)12-6-7-24-18-12;1-7-6-16-9-5-3-2-4-8(9)14(7)11(15)10(12)13/h4-5,8,17H,6-7H2,1-3H3;2-5,7,10H,6H2,1H3. The van der Waals surface area contributed by atoms with Gasteiger partial charge in [-0.3, -0.25) is 19.1 Å². The Hall–Kier alpha value is -3.61. The van der Waals surface area contributed by atoms with E-state index in [9.17, 15) is 22.8 Å². The van der Waals surface area contributed by atoms with Crippen LogP contribution in [0.4, 0.5) is 5.69 Å². The van der Waals surface area contributed by atoms with E-state index in [1.807, 2.05) is 31.2 Å². The molecule has 0 bridgehead atoms. The number of para-hydroxylation sites is 2. The van der Waals surface area contributed by atoms with Crippen molar-refractivity contribution in [3.05, 3.63) is 75.2 Å². The van der Waals surface area contributed by atoms with Gasteiger partial charge in [-0.25, -0.2) is 8.42 Å². The van der Waals surface area contributed by atoms with Crippen LogP contribution in [0.1, 0.15) is 40.4 Å². The summed E-state index contributed by atoms with van der Waals surface area (Å²) in [4.78, 5) is 42.3. The van der Waals surface area contributed by atoms with Crippen LogP contribution in [0.25, 0.3) is 0 Å². The quantitative estimate of drug-likeness (QED) is 0.340. The summed E-state index contributed by atoms with van der Waals surface area (Å²) in [6.07, 6.45) is 2.89. The molecule has 41 heavy (non-hydrogen) atoms. The molecule has 3 aromatic rings. The number of aromatic nitrogens is 2. The highest BCUT2D eigenvalue weighted by Crippen LogP contribution is 2.34. The molecule has 1 N–H and O–H groups in total. The second kappa shape index (κ2) is 12.1. The number of hydrogen-bond acceptors (Lipinski definition) is 8. The summed E-state index contributed by atoms with van der Waals surface area (Å²) in [7, 11) is -2.02. The molecular formula is C27H28Cl2N4O7S. The van der Waals surface area contributed by atoms with Crippen molar-refractivity contribution >= 4 is 56.1 Å². The Kier molecular flexibility index (Phi) is 8.95. The zero-order valence-corrected chi connectivity index (χ0v) is 25.0. The van der Waals surface area contributed by atoms with E-state index in [-0.39, 0.29) is 28.0 Å². The fourth-order valence-corrected chi connectivity index (χ4v) is 5.76. The average molecular weight is 624 g/mol. The highest BCUT2D eigenvalue weighted by Gasteiger charge is 2.32. The number of carbonyl (C=O) groups excluding carboxylic acids is 2. The normalized spacial score (nSPS) is 16.2. The maximum Gasteiger partial charge on any atom is 0.277 e. The van der Waals surface area contributed by atoms with Crippen LogP contribution in [-0.2, 0) is 26.5 Å². The molecule has 1 unspecified atom stereocenters. The predicted octanol–water partition coefficient (Wildman–Crippen LogP) is 3.38. The van der Waals surface area contributed by atoms with Crippen LogP contribution in [-0.4, -0.2) is 65.9 Å². The van der Waals surface area contributed by atoms with Gasteiger partial charge in [-0.1, -0.05) is 40.5 Å². The number of oxime groups is 1. The first-order valence-corrected chi connectivity index (χ1v) is 15.2. The van der Waals surface area contributed by atoms with Gasteiger partial charge < -0.3 is 19.6 Å². The lowest BCUT2D eigenvalue weighted by molar-refractivity contribution is -0.117. The van der Waals surface area contributed by atoms with Crippen LogP contribution in [0.3, 0.4) is 0 Å². The molecule has 218 valence electrons. The van der Waals surface area contributed by atoms with Crippen LogP contribution in [0, 0.1) is 6.92 Å². The second-order valence-corrected chi connectivity index (χ2v) is 12.6. The SMILES string of the molecule is CC1COc2ccccc2N1C(=O)C(Cl)Cl.Cc1c(C(=O)c2c[nH]n(C)c2=O)ccc(S(C)(=O)=O)c1C1=NOCC1. The fourth-order valence-electron chi connectivity index (χ4n) is 4.59. The lowest BCUT2D eigenvalue weighted by atomic mass is 9.93. The summed E-state index contributed by atoms with van der Waals surface area (Å²) in [5.74, 6) is -0.102. The number of rotatable bonds is 5. The highest BCUT2D eigenvalue weighted by molar-refractivity contribution is 7.90. The second-order valence-electron chi connectivity index (χ2n) is 9.52. The van der Waals surface area contributed by atoms with Gasteiger partial charge in [-0.2, -0.15) is 0 Å². The molecule has 2 aliphatic rings. The van der Waals surface area contributed by atoms with Gasteiger partial charge >= 0.3 is 0 Å². The van der Waals surface area contributed by atoms with Crippen molar-refractivity contribution in [2.75, 3.05) is 24.4 Å². The highest BCUT2D eigenvalue weighted by atomic mass is 35.5. The number of ketones is 1. The zero-order chi connectivity index (χ0) is 30.1. The summed E-state index contributed by atoms with van der Waals surface area (Å²) in [6, 6.07) is 10.1. The van der Waals surface area contributed by atoms with Gasteiger partial charge in [0.2, 0.25) is 0 Å². The van der Waals surface area contributed by atoms with Crippen molar-refractivity contribution in [2.24, 2.45) is 12.2 Å². The van der Waals surface area contributed by atoms with E-state index in [2.05, 4.69) is 10.3 Å². The number of aryl methyl sites for hydroxylation is 1. The summed E-state index contributed by atoms with van der Waals surface area (Å²) < 4.78 is 31.0. The van der Waals surface area contributed by atoms with Gasteiger partial charge in [0.25, 0.3) is 11.5 Å². The number of H-pyrrole nitrogens is 1. The van der Waals surface area contributed by atoms with Gasteiger partial charge in [-0.05, 0) is 43.7 Å². The average Bonchev–Trinajstić information content (AvgIpc) is 3.57. The number of ether oxygens (including phenoxy) is 1. The molecule has 0 radical (unpaired) electrons. The number of benzene rings is 2. The van der Waals surface area contributed by atoms with Crippen LogP contribution >= 0.6 is 23.2 Å². The minimum Gasteiger partial charge on any atom is -0.489 e. The van der Waals surface area contributed by atoms with Crippen molar-refractivity contribution < 1.29 is 27.6 Å². The fraction of sp³-hybridized carbons (Fsp3) is 0.333. The smallest absolute Gasteiger partial charge is 0.277 e. The van der Waals surface area contributed by atoms with Gasteiger partial charge in [-0.15, -0.1) is 0 Å². The van der Waals surface area contributed by atoms with Gasteiger partial charge in [0.1, 0.15) is 24.5 Å². The molecule has 3 heterocycles. The number of nitrogens with one attached hydrogen (secondary N) is 1. The van der Waals surface area contributed by atoms with E-state index < -0.39 is 26.0 Å². The first-order valence-electron chi connectivity index (χ1n) is 12.5. The first kappa shape index (κ1) is 30.4. The lowest BCUT2D eigenvalue weighted by Crippen LogP contribution is -2.47. The van der Waals surface area contributed by atoms with Crippen molar-refractivity contribution in [3.8, 4) is 5.75 Å². The Morgan fingerprint density at radius 3 is 2.44 bits per heavy atom. The molecule has 0 saturated heterocycles. The molecule has 0 fully saturated rings. The summed E-state index contributed by atoms with van der Waals surface area (Å²) >= 11 is 11.3. The van der Waals surface area contributed by atoms with E-state index in [1.54, 1.807) is 11.8 Å². The van der Waals surface area contributed by atoms with E-state index in [1.165, 1.54) is 30.1 Å². The Bertz CT molecular complexity index is 1700. The van der Waals surface area contributed by atoms with E-state index in [0.717, 1.165) is 11.9 Å². The predicted molar refractivity (Wildman–Crippen MR) is 155 cm³/mol. The minimum absolute atomic E-state index is 0.00623. The summed E-state index contributed by atoms with van der Waals surface area (Å²) in [5.41, 5.74) is 1.84. The number of aromatic amines is 1. The number of alkyl halides is 2. The lowest BCUT2D eigenvalue weighted by Gasteiger charge is -2.35. The van der Waals surface area contributed by atoms with Gasteiger partial charge in [0.15, 0.2) is 20.5 Å². The number of sulfone groups is 1. The van der Waals surface area contributed by atoms with E-state index in [4.69, 9.17) is 32.8 Å². The molecule has 0 spiro atoms. The third-order valence-corrected chi connectivity index (χ3v) is 8.13. The number of carbonyl (C=O) groups is 2. The van der Waals surface area contributed by atoms with Crippen molar-refractivity contribution in [3.63, 3.8) is 0 Å². The minimum atomic E-state index is -3.52. The third-order valence-electron chi connectivity index (χ3n) is 6.62. The molecule has 1 atom stereocenters. The Labute approximate surface area is 246 Å². The Balaban J connectivity index is 0.000000208. The number of halogens is 2. The maximum absolute atomic E-state index is 12.8. The molecule has 2 aromatic carbocycles. The molecule has 11 nitrogen and oxygen atoms in total. The van der Waals surface area contributed by atoms with E-state index >= 15 is 0 Å². The van der Waals surface area contributed by atoms with Crippen molar-refractivity contribution in [2.45, 2.75) is 36.0 Å². The molecule has 2 aliphatic heterocycles. The molecule has 0 aliphatic carbocycles. The molecule has 14 heteroatoms.